The van der Waals surface area contributed by atoms with Crippen molar-refractivity contribution in [1.29, 1.82) is 0 Å². The van der Waals surface area contributed by atoms with Crippen LogP contribution in [0.2, 0.25) is 0 Å². The molecule has 1 heterocycles. The third-order valence-corrected chi connectivity index (χ3v) is 5.15. The molecule has 0 aliphatic heterocycles. The zero-order valence-electron chi connectivity index (χ0n) is 12.1. The van der Waals surface area contributed by atoms with Gasteiger partial charge in [0.2, 0.25) is 5.13 Å². The highest BCUT2D eigenvalue weighted by atomic mass is 32.2. The van der Waals surface area contributed by atoms with E-state index in [1.165, 1.54) is 18.4 Å². The first-order valence-corrected chi connectivity index (χ1v) is 8.76. The van der Waals surface area contributed by atoms with Gasteiger partial charge in [-0.05, 0) is 31.0 Å². The molecule has 0 saturated carbocycles. The zero-order chi connectivity index (χ0) is 15.5. The second kappa shape index (κ2) is 6.40. The monoisotopic (exact) mass is 327 g/mol. The smallest absolute Gasteiger partial charge is 0.267 e. The zero-order valence-corrected chi connectivity index (χ0v) is 13.7. The minimum Gasteiger partial charge on any atom is -0.495 e. The lowest BCUT2D eigenvalue weighted by molar-refractivity contribution is 0.402. The average Bonchev–Trinajstić information content (AvgIpc) is 2.86. The van der Waals surface area contributed by atoms with E-state index in [-0.39, 0.29) is 10.0 Å². The average molecular weight is 327 g/mol. The molecule has 0 fully saturated rings. The van der Waals surface area contributed by atoms with Crippen LogP contribution in [0.3, 0.4) is 0 Å². The Labute approximate surface area is 128 Å². The van der Waals surface area contributed by atoms with E-state index in [2.05, 4.69) is 14.9 Å². The molecule has 1 aromatic carbocycles. The molecule has 2 aromatic rings. The van der Waals surface area contributed by atoms with Gasteiger partial charge in [0.05, 0.1) is 7.11 Å². The van der Waals surface area contributed by atoms with Crippen LogP contribution < -0.4 is 9.46 Å². The summed E-state index contributed by atoms with van der Waals surface area (Å²) in [4.78, 5) is 0.0947. The molecule has 114 valence electrons. The molecule has 0 aliphatic rings. The fourth-order valence-electron chi connectivity index (χ4n) is 1.77. The summed E-state index contributed by atoms with van der Waals surface area (Å²) in [5, 5.41) is 8.89. The molecule has 6 nitrogen and oxygen atoms in total. The number of anilines is 1. The van der Waals surface area contributed by atoms with Crippen molar-refractivity contribution in [2.75, 3.05) is 11.8 Å². The molecular weight excluding hydrogens is 310 g/mol. The third kappa shape index (κ3) is 3.70. The quantitative estimate of drug-likeness (QED) is 0.882. The van der Waals surface area contributed by atoms with E-state index < -0.39 is 10.0 Å². The van der Waals surface area contributed by atoms with Gasteiger partial charge >= 0.3 is 0 Å². The lowest BCUT2D eigenvalue weighted by atomic mass is 10.2. The van der Waals surface area contributed by atoms with Crippen molar-refractivity contribution in [1.82, 2.24) is 10.2 Å². The Morgan fingerprint density at radius 1 is 1.33 bits per heavy atom. The van der Waals surface area contributed by atoms with Crippen molar-refractivity contribution in [2.24, 2.45) is 0 Å². The highest BCUT2D eigenvalue weighted by Crippen LogP contribution is 2.27. The Kier molecular flexibility index (Phi) is 4.79. The summed E-state index contributed by atoms with van der Waals surface area (Å²) in [5.41, 5.74) is 0.833. The van der Waals surface area contributed by atoms with Crippen LogP contribution in [0, 0.1) is 6.92 Å². The first-order chi connectivity index (χ1) is 9.96. The maximum Gasteiger partial charge on any atom is 0.267 e. The Balaban J connectivity index is 2.31. The molecule has 0 atom stereocenters. The van der Waals surface area contributed by atoms with Gasteiger partial charge in [0.1, 0.15) is 15.7 Å². The second-order valence-electron chi connectivity index (χ2n) is 4.51. The molecule has 0 saturated heterocycles. The number of nitrogens with one attached hydrogen (secondary N) is 1. The van der Waals surface area contributed by atoms with Gasteiger partial charge in [0.25, 0.3) is 10.0 Å². The summed E-state index contributed by atoms with van der Waals surface area (Å²) < 4.78 is 32.5. The van der Waals surface area contributed by atoms with Crippen LogP contribution in [-0.2, 0) is 16.4 Å². The summed E-state index contributed by atoms with van der Waals surface area (Å²) in [6.45, 7) is 3.85. The van der Waals surface area contributed by atoms with E-state index in [0.29, 0.717) is 5.75 Å². The van der Waals surface area contributed by atoms with Crippen LogP contribution in [0.1, 0.15) is 23.9 Å². The normalized spacial score (nSPS) is 11.4. The number of hydrogen-bond donors (Lipinski definition) is 1. The van der Waals surface area contributed by atoms with E-state index >= 15 is 0 Å². The van der Waals surface area contributed by atoms with Crippen molar-refractivity contribution in [3.05, 3.63) is 28.8 Å². The summed E-state index contributed by atoms with van der Waals surface area (Å²) in [7, 11) is -2.31. The fraction of sp³-hybridized carbons (Fsp3) is 0.385. The molecule has 0 aliphatic carbocycles. The van der Waals surface area contributed by atoms with Gasteiger partial charge in [-0.2, -0.15) is 0 Å². The standard InChI is InChI=1S/C13H17N3O3S2/c1-4-5-12-14-15-13(20-12)16-21(17,18)11-8-9(2)6-7-10(11)19-3/h6-8H,4-5H2,1-3H3,(H,15,16). The predicted octanol–water partition coefficient (Wildman–Crippen LogP) is 2.61. The van der Waals surface area contributed by atoms with Crippen molar-refractivity contribution in [3.8, 4) is 5.75 Å². The van der Waals surface area contributed by atoms with E-state index in [9.17, 15) is 8.42 Å². The first-order valence-electron chi connectivity index (χ1n) is 6.46. The second-order valence-corrected chi connectivity index (χ2v) is 7.22. The molecule has 0 radical (unpaired) electrons. The number of ether oxygens (including phenoxy) is 1. The number of methoxy groups -OCH3 is 1. The Hall–Kier alpha value is -1.67. The van der Waals surface area contributed by atoms with Crippen LogP contribution in [0.4, 0.5) is 5.13 Å². The molecule has 0 bridgehead atoms. The molecule has 0 unspecified atom stereocenters. The maximum atomic E-state index is 12.4. The molecule has 1 aromatic heterocycles. The Morgan fingerprint density at radius 2 is 2.10 bits per heavy atom. The lowest BCUT2D eigenvalue weighted by Gasteiger charge is -2.10. The number of hydrogen-bond acceptors (Lipinski definition) is 6. The van der Waals surface area contributed by atoms with Crippen molar-refractivity contribution in [3.63, 3.8) is 0 Å². The number of rotatable bonds is 6. The fourth-order valence-corrected chi connectivity index (χ4v) is 4.10. The SMILES string of the molecule is CCCc1nnc(NS(=O)(=O)c2cc(C)ccc2OC)s1. The van der Waals surface area contributed by atoms with Gasteiger partial charge in [0, 0.05) is 6.42 Å². The van der Waals surface area contributed by atoms with Gasteiger partial charge in [0.15, 0.2) is 0 Å². The Bertz CT molecular complexity index is 726. The predicted molar refractivity (Wildman–Crippen MR) is 82.4 cm³/mol. The van der Waals surface area contributed by atoms with Gasteiger partial charge in [-0.1, -0.05) is 24.3 Å². The largest absolute Gasteiger partial charge is 0.495 e. The maximum absolute atomic E-state index is 12.4. The first kappa shape index (κ1) is 15.7. The molecule has 2 rings (SSSR count). The van der Waals surface area contributed by atoms with E-state index in [0.717, 1.165) is 23.4 Å². The summed E-state index contributed by atoms with van der Waals surface area (Å²) in [6.07, 6.45) is 1.72. The number of benzene rings is 1. The van der Waals surface area contributed by atoms with Gasteiger partial charge in [-0.15, -0.1) is 10.2 Å². The summed E-state index contributed by atoms with van der Waals surface area (Å²) in [6, 6.07) is 4.99. The molecule has 1 N–H and O–H groups in total. The van der Waals surface area contributed by atoms with Crippen LogP contribution in [0.15, 0.2) is 23.1 Å². The number of aryl methyl sites for hydroxylation is 2. The van der Waals surface area contributed by atoms with Crippen LogP contribution in [-0.4, -0.2) is 25.7 Å². The van der Waals surface area contributed by atoms with E-state index in [4.69, 9.17) is 4.74 Å². The van der Waals surface area contributed by atoms with Gasteiger partial charge in [-0.25, -0.2) is 8.42 Å². The van der Waals surface area contributed by atoms with Crippen molar-refractivity contribution in [2.45, 2.75) is 31.6 Å². The van der Waals surface area contributed by atoms with Crippen LogP contribution in [0.5, 0.6) is 5.75 Å². The summed E-state index contributed by atoms with van der Waals surface area (Å²) in [5.74, 6) is 0.298. The van der Waals surface area contributed by atoms with Crippen molar-refractivity contribution < 1.29 is 13.2 Å². The molecule has 0 spiro atoms. The summed E-state index contributed by atoms with van der Waals surface area (Å²) >= 11 is 1.24. The van der Waals surface area contributed by atoms with Crippen LogP contribution >= 0.6 is 11.3 Å². The lowest BCUT2D eigenvalue weighted by Crippen LogP contribution is -2.14. The minimum atomic E-state index is -3.75. The highest BCUT2D eigenvalue weighted by molar-refractivity contribution is 7.93. The number of aromatic nitrogens is 2. The van der Waals surface area contributed by atoms with E-state index in [1.807, 2.05) is 13.8 Å². The van der Waals surface area contributed by atoms with E-state index in [1.54, 1.807) is 18.2 Å². The molecule has 0 amide bonds. The topological polar surface area (TPSA) is 81.2 Å². The third-order valence-electron chi connectivity index (χ3n) is 2.76. The van der Waals surface area contributed by atoms with Crippen molar-refractivity contribution >= 4 is 26.5 Å². The highest BCUT2D eigenvalue weighted by Gasteiger charge is 2.21. The van der Waals surface area contributed by atoms with Gasteiger partial charge < -0.3 is 4.74 Å². The Morgan fingerprint density at radius 3 is 2.76 bits per heavy atom. The van der Waals surface area contributed by atoms with Gasteiger partial charge in [-0.3, -0.25) is 4.72 Å². The molecule has 8 heteroatoms. The number of nitrogens with zero attached hydrogens (tertiary/aromatic N) is 2. The minimum absolute atomic E-state index is 0.0947. The number of sulfonamides is 1. The molecule has 21 heavy (non-hydrogen) atoms. The molecular formula is C13H17N3O3S2. The van der Waals surface area contributed by atoms with Crippen LogP contribution in [0.25, 0.3) is 0 Å².